The van der Waals surface area contributed by atoms with Gasteiger partial charge in [-0.05, 0) is 34.4 Å². The summed E-state index contributed by atoms with van der Waals surface area (Å²) in [7, 11) is 0. The molecule has 0 aliphatic heterocycles. The Bertz CT molecular complexity index is 1330. The van der Waals surface area contributed by atoms with Gasteiger partial charge in [-0.15, -0.1) is 0 Å². The molecule has 0 radical (unpaired) electrons. The molecule has 0 bridgehead atoms. The van der Waals surface area contributed by atoms with Crippen LogP contribution in [0.4, 0.5) is 0 Å². The number of pyridine rings is 3. The van der Waals surface area contributed by atoms with Crippen molar-refractivity contribution in [1.82, 2.24) is 15.0 Å². The van der Waals surface area contributed by atoms with Crippen molar-refractivity contribution >= 4 is 32.7 Å². The molecule has 3 heterocycles. The fourth-order valence-electron chi connectivity index (χ4n) is 3.23. The van der Waals surface area contributed by atoms with Crippen LogP contribution in [0.3, 0.4) is 0 Å². The van der Waals surface area contributed by atoms with Crippen molar-refractivity contribution in [2.24, 2.45) is 0 Å². The zero-order chi connectivity index (χ0) is 23.0. The Labute approximate surface area is 209 Å². The molecule has 3 aromatic heterocycles. The van der Waals surface area contributed by atoms with Crippen LogP contribution in [0.1, 0.15) is 0 Å². The molecule has 0 atom stereocenters. The zero-order valence-electron chi connectivity index (χ0n) is 17.8. The van der Waals surface area contributed by atoms with Gasteiger partial charge in [0.2, 0.25) is 0 Å². The molecular weight excluding hydrogens is 607 g/mol. The summed E-state index contributed by atoms with van der Waals surface area (Å²) < 4.78 is 0. The van der Waals surface area contributed by atoms with Crippen LogP contribution in [0.2, 0.25) is 0 Å². The molecule has 0 unspecified atom stereocenters. The second-order valence-corrected chi connectivity index (χ2v) is 6.99. The first-order valence-electron chi connectivity index (χ1n) is 10.2. The van der Waals surface area contributed by atoms with Crippen molar-refractivity contribution in [2.75, 3.05) is 0 Å². The first kappa shape index (κ1) is 24.6. The minimum atomic E-state index is -0.0110. The van der Waals surface area contributed by atoms with Crippen LogP contribution in [0.5, 0.6) is 17.2 Å². The van der Waals surface area contributed by atoms with Crippen molar-refractivity contribution in [1.29, 1.82) is 0 Å². The molecule has 0 aliphatic rings. The summed E-state index contributed by atoms with van der Waals surface area (Å²) in [5, 5.41) is 36.1. The Morgan fingerprint density at radius 1 is 0.382 bits per heavy atom. The van der Waals surface area contributed by atoms with Gasteiger partial charge in [-0.3, -0.25) is 15.0 Å². The SMILES string of the molecule is [Ir+3].[O-]c1cccc2cccnc12.[O-]c1cccc2cccnc12.[O-]c1cccc2cccnc12. The Balaban J connectivity index is 0.000000141. The van der Waals surface area contributed by atoms with Gasteiger partial charge in [-0.1, -0.05) is 90.0 Å². The molecule has 6 nitrogen and oxygen atoms in total. The standard InChI is InChI=1S/3C9H7NO.Ir/c3*11-8-5-1-3-7-4-2-6-10-9(7)8;/h3*1-6,11H;/q;;;+3/p-3. The molecule has 0 saturated carbocycles. The fraction of sp³-hybridized carbons (Fsp3) is 0. The molecule has 0 amide bonds. The average molecular weight is 625 g/mol. The van der Waals surface area contributed by atoms with Crippen molar-refractivity contribution < 1.29 is 35.4 Å². The molecule has 7 heteroatoms. The van der Waals surface area contributed by atoms with E-state index >= 15 is 0 Å². The maximum absolute atomic E-state index is 11.1. The molecule has 0 N–H and O–H groups in total. The maximum Gasteiger partial charge on any atom is 3.00 e. The number of rotatable bonds is 0. The first-order chi connectivity index (χ1) is 16.1. The predicted octanol–water partition coefficient (Wildman–Crippen LogP) is 3.92. The molecule has 0 spiro atoms. The monoisotopic (exact) mass is 625 g/mol. The van der Waals surface area contributed by atoms with Gasteiger partial charge >= 0.3 is 20.1 Å². The van der Waals surface area contributed by atoms with E-state index in [1.165, 1.54) is 18.2 Å². The van der Waals surface area contributed by atoms with E-state index in [2.05, 4.69) is 15.0 Å². The van der Waals surface area contributed by atoms with Crippen molar-refractivity contribution in [2.45, 2.75) is 0 Å². The van der Waals surface area contributed by atoms with E-state index in [9.17, 15) is 15.3 Å². The second kappa shape index (κ2) is 11.7. The van der Waals surface area contributed by atoms with Gasteiger partial charge in [0.1, 0.15) is 0 Å². The minimum Gasteiger partial charge on any atom is -0.871 e. The maximum atomic E-state index is 11.1. The van der Waals surface area contributed by atoms with Gasteiger partial charge in [-0.2, -0.15) is 0 Å². The van der Waals surface area contributed by atoms with Gasteiger partial charge in [0.15, 0.2) is 0 Å². The summed E-state index contributed by atoms with van der Waals surface area (Å²) in [6.07, 6.45) is 4.89. The van der Waals surface area contributed by atoms with Crippen molar-refractivity contribution in [3.63, 3.8) is 0 Å². The molecule has 3 aromatic carbocycles. The summed E-state index contributed by atoms with van der Waals surface area (Å²) in [6, 6.07) is 26.5. The minimum absolute atomic E-state index is 0. The van der Waals surface area contributed by atoms with E-state index in [0.29, 0.717) is 16.6 Å². The smallest absolute Gasteiger partial charge is 0.871 e. The number of benzene rings is 3. The summed E-state index contributed by atoms with van der Waals surface area (Å²) in [5.74, 6) is -0.0331. The summed E-state index contributed by atoms with van der Waals surface area (Å²) >= 11 is 0. The number of fused-ring (bicyclic) bond motifs is 3. The number of hydrogen-bond donors (Lipinski definition) is 0. The van der Waals surface area contributed by atoms with Crippen LogP contribution in [-0.4, -0.2) is 15.0 Å². The van der Waals surface area contributed by atoms with Gasteiger partial charge in [0, 0.05) is 18.6 Å². The largest absolute Gasteiger partial charge is 3.00 e. The number of aromatic nitrogens is 3. The Hall–Kier alpha value is -4.06. The van der Waals surface area contributed by atoms with E-state index in [4.69, 9.17) is 0 Å². The van der Waals surface area contributed by atoms with Crippen LogP contribution in [0.25, 0.3) is 32.7 Å². The van der Waals surface area contributed by atoms with Crippen LogP contribution < -0.4 is 15.3 Å². The van der Waals surface area contributed by atoms with E-state index in [1.807, 2.05) is 54.6 Å². The van der Waals surface area contributed by atoms with E-state index in [-0.39, 0.29) is 37.4 Å². The van der Waals surface area contributed by atoms with Gasteiger partial charge in [-0.25, -0.2) is 0 Å². The van der Waals surface area contributed by atoms with Gasteiger partial charge < -0.3 is 15.3 Å². The average Bonchev–Trinajstić information content (AvgIpc) is 2.86. The van der Waals surface area contributed by atoms with Crippen LogP contribution in [0, 0.1) is 0 Å². The van der Waals surface area contributed by atoms with Crippen molar-refractivity contribution in [3.05, 3.63) is 110 Å². The second-order valence-electron chi connectivity index (χ2n) is 6.99. The number of para-hydroxylation sites is 3. The van der Waals surface area contributed by atoms with Crippen LogP contribution >= 0.6 is 0 Å². The molecule has 0 saturated heterocycles. The molecule has 0 fully saturated rings. The number of nitrogens with zero attached hydrogens (tertiary/aromatic N) is 3. The molecular formula is C27H18IrN3O3. The summed E-state index contributed by atoms with van der Waals surface area (Å²) in [4.78, 5) is 11.9. The van der Waals surface area contributed by atoms with Crippen LogP contribution in [-0.2, 0) is 20.1 Å². The third-order valence-corrected chi connectivity index (χ3v) is 4.79. The molecule has 6 aromatic rings. The van der Waals surface area contributed by atoms with Gasteiger partial charge in [0.05, 0.1) is 16.6 Å². The first-order valence-corrected chi connectivity index (χ1v) is 10.2. The third kappa shape index (κ3) is 5.84. The number of hydrogen-bond acceptors (Lipinski definition) is 6. The Morgan fingerprint density at radius 3 is 0.912 bits per heavy atom. The summed E-state index contributed by atoms with van der Waals surface area (Å²) in [5.41, 5.74) is 1.65. The normalized spacial score (nSPS) is 9.88. The molecule has 6 rings (SSSR count). The predicted molar refractivity (Wildman–Crippen MR) is 124 cm³/mol. The molecule has 168 valence electrons. The van der Waals surface area contributed by atoms with Gasteiger partial charge in [0.25, 0.3) is 0 Å². The topological polar surface area (TPSA) is 108 Å². The van der Waals surface area contributed by atoms with Crippen LogP contribution in [0.15, 0.2) is 110 Å². The zero-order valence-corrected chi connectivity index (χ0v) is 20.2. The fourth-order valence-corrected chi connectivity index (χ4v) is 3.23. The molecule has 0 aliphatic carbocycles. The van der Waals surface area contributed by atoms with Crippen molar-refractivity contribution in [3.8, 4) is 17.2 Å². The Kier molecular flexibility index (Phi) is 8.46. The van der Waals surface area contributed by atoms with E-state index < -0.39 is 0 Å². The van der Waals surface area contributed by atoms with E-state index in [0.717, 1.165) is 16.2 Å². The van der Waals surface area contributed by atoms with E-state index in [1.54, 1.807) is 36.8 Å². The quantitative estimate of drug-likeness (QED) is 0.254. The summed E-state index contributed by atoms with van der Waals surface area (Å²) in [6.45, 7) is 0. The molecule has 34 heavy (non-hydrogen) atoms. The Morgan fingerprint density at radius 2 is 0.647 bits per heavy atom. The third-order valence-electron chi connectivity index (χ3n) is 4.79.